The molecule has 2 amide bonds. The van der Waals surface area contributed by atoms with Gasteiger partial charge in [-0.2, -0.15) is 5.10 Å². The van der Waals surface area contributed by atoms with Gasteiger partial charge in [0.25, 0.3) is 5.91 Å². The average molecular weight is 309 g/mol. The summed E-state index contributed by atoms with van der Waals surface area (Å²) in [5.74, 6) is -0.440. The smallest absolute Gasteiger partial charge is 0.266 e. The fourth-order valence-corrected chi connectivity index (χ4v) is 3.38. The Bertz CT molecular complexity index is 703. The molecular formula is C13H19N5O2S. The summed E-state index contributed by atoms with van der Waals surface area (Å²) in [6.45, 7) is 4.24. The zero-order valence-corrected chi connectivity index (χ0v) is 13.4. The quantitative estimate of drug-likeness (QED) is 0.871. The number of likely N-dealkylation sites (N-methyl/N-ethyl adjacent to an activating group) is 2. The van der Waals surface area contributed by atoms with Gasteiger partial charge >= 0.3 is 0 Å². The van der Waals surface area contributed by atoms with Crippen LogP contribution in [0.5, 0.6) is 0 Å². The third kappa shape index (κ3) is 2.71. The summed E-state index contributed by atoms with van der Waals surface area (Å²) < 4.78 is 1.71. The van der Waals surface area contributed by atoms with Gasteiger partial charge in [-0.25, -0.2) is 0 Å². The van der Waals surface area contributed by atoms with Crippen molar-refractivity contribution in [3.63, 3.8) is 0 Å². The van der Waals surface area contributed by atoms with Crippen LogP contribution in [0.1, 0.15) is 22.3 Å². The zero-order valence-electron chi connectivity index (χ0n) is 12.6. The van der Waals surface area contributed by atoms with Gasteiger partial charge in [0, 0.05) is 20.6 Å². The van der Waals surface area contributed by atoms with Crippen molar-refractivity contribution in [2.75, 3.05) is 25.9 Å². The highest BCUT2D eigenvalue weighted by Crippen LogP contribution is 2.35. The van der Waals surface area contributed by atoms with Crippen LogP contribution < -0.4 is 11.1 Å². The minimum Gasteiger partial charge on any atom is -0.397 e. The van der Waals surface area contributed by atoms with E-state index in [1.54, 1.807) is 11.7 Å². The van der Waals surface area contributed by atoms with Crippen LogP contribution in [-0.4, -0.2) is 46.6 Å². The number of carbonyl (C=O) groups is 2. The number of nitrogen functional groups attached to an aromatic ring is 1. The van der Waals surface area contributed by atoms with Crippen LogP contribution in [0.4, 0.5) is 5.69 Å². The monoisotopic (exact) mass is 309 g/mol. The molecular weight excluding hydrogens is 290 g/mol. The standard InChI is InChI=1S/C13H19N5O2S/c1-5-15-8(19)6-17(3)12(20)11-10(14)9-7(2)16-18(4)13(9)21-11/h5-6,14H2,1-4H3,(H,15,19). The highest BCUT2D eigenvalue weighted by atomic mass is 32.1. The summed E-state index contributed by atoms with van der Waals surface area (Å²) in [7, 11) is 3.41. The lowest BCUT2D eigenvalue weighted by molar-refractivity contribution is -0.121. The fourth-order valence-electron chi connectivity index (χ4n) is 2.20. The first-order chi connectivity index (χ1) is 9.86. The Morgan fingerprint density at radius 1 is 1.48 bits per heavy atom. The fraction of sp³-hybridized carbons (Fsp3) is 0.462. The highest BCUT2D eigenvalue weighted by Gasteiger charge is 2.24. The first kappa shape index (κ1) is 15.3. The molecule has 2 heterocycles. The molecule has 0 spiro atoms. The van der Waals surface area contributed by atoms with E-state index in [1.165, 1.54) is 16.2 Å². The largest absolute Gasteiger partial charge is 0.397 e. The topological polar surface area (TPSA) is 93.2 Å². The Balaban J connectivity index is 2.29. The summed E-state index contributed by atoms with van der Waals surface area (Å²) in [4.78, 5) is 26.7. The number of amides is 2. The number of hydrogen-bond donors (Lipinski definition) is 2. The van der Waals surface area contributed by atoms with E-state index in [0.717, 1.165) is 15.9 Å². The number of nitrogens with one attached hydrogen (secondary N) is 1. The van der Waals surface area contributed by atoms with Crippen molar-refractivity contribution in [3.8, 4) is 0 Å². The van der Waals surface area contributed by atoms with Gasteiger partial charge in [0.15, 0.2) is 0 Å². The van der Waals surface area contributed by atoms with Crippen LogP contribution >= 0.6 is 11.3 Å². The summed E-state index contributed by atoms with van der Waals surface area (Å²) >= 11 is 1.30. The molecule has 2 aromatic heterocycles. The predicted molar refractivity (Wildman–Crippen MR) is 83.4 cm³/mol. The van der Waals surface area contributed by atoms with E-state index in [4.69, 9.17) is 5.73 Å². The molecule has 0 aromatic carbocycles. The second kappa shape index (κ2) is 5.72. The molecule has 0 saturated carbocycles. The predicted octanol–water partition coefficient (Wildman–Crippen LogP) is 0.734. The molecule has 0 unspecified atom stereocenters. The molecule has 2 rings (SSSR count). The number of nitrogens with zero attached hydrogens (tertiary/aromatic N) is 3. The molecule has 0 atom stereocenters. The van der Waals surface area contributed by atoms with Crippen LogP contribution in [0, 0.1) is 6.92 Å². The van der Waals surface area contributed by atoms with Gasteiger partial charge in [-0.1, -0.05) is 0 Å². The third-order valence-corrected chi connectivity index (χ3v) is 4.44. The van der Waals surface area contributed by atoms with Gasteiger partial charge in [0.2, 0.25) is 5.91 Å². The summed E-state index contributed by atoms with van der Waals surface area (Å²) in [6.07, 6.45) is 0. The Morgan fingerprint density at radius 3 is 2.71 bits per heavy atom. The van der Waals surface area contributed by atoms with Crippen LogP contribution in [0.15, 0.2) is 0 Å². The van der Waals surface area contributed by atoms with Crippen molar-refractivity contribution in [1.82, 2.24) is 20.0 Å². The zero-order chi connectivity index (χ0) is 15.7. The van der Waals surface area contributed by atoms with Gasteiger partial charge in [0.1, 0.15) is 9.71 Å². The van der Waals surface area contributed by atoms with Crippen molar-refractivity contribution in [2.24, 2.45) is 7.05 Å². The number of aryl methyl sites for hydroxylation is 2. The average Bonchev–Trinajstić information content (AvgIpc) is 2.88. The van der Waals surface area contributed by atoms with Crippen molar-refractivity contribution < 1.29 is 9.59 Å². The third-order valence-electron chi connectivity index (χ3n) is 3.18. The van der Waals surface area contributed by atoms with Crippen LogP contribution in [0.3, 0.4) is 0 Å². The molecule has 8 heteroatoms. The maximum atomic E-state index is 12.4. The molecule has 114 valence electrons. The first-order valence-corrected chi connectivity index (χ1v) is 7.42. The first-order valence-electron chi connectivity index (χ1n) is 6.60. The highest BCUT2D eigenvalue weighted by molar-refractivity contribution is 7.21. The Hall–Kier alpha value is -2.09. The number of carbonyl (C=O) groups excluding carboxylic acids is 2. The molecule has 0 aliphatic carbocycles. The minimum atomic E-state index is -0.251. The number of nitrogens with two attached hydrogens (primary N) is 1. The number of rotatable bonds is 4. The molecule has 2 aromatic rings. The van der Waals surface area contributed by atoms with Crippen LogP contribution in [-0.2, 0) is 11.8 Å². The minimum absolute atomic E-state index is 0.0115. The van der Waals surface area contributed by atoms with Crippen molar-refractivity contribution in [1.29, 1.82) is 0 Å². The number of fused-ring (bicyclic) bond motifs is 1. The van der Waals surface area contributed by atoms with Gasteiger partial charge in [-0.15, -0.1) is 11.3 Å². The second-order valence-electron chi connectivity index (χ2n) is 4.85. The van der Waals surface area contributed by atoms with E-state index in [0.29, 0.717) is 17.1 Å². The van der Waals surface area contributed by atoms with Crippen LogP contribution in [0.25, 0.3) is 10.2 Å². The Labute approximate surface area is 126 Å². The number of thiophene rings is 1. The summed E-state index contributed by atoms with van der Waals surface area (Å²) in [5.41, 5.74) is 7.33. The van der Waals surface area contributed by atoms with E-state index in [2.05, 4.69) is 10.4 Å². The van der Waals surface area contributed by atoms with Gasteiger partial charge in [-0.05, 0) is 13.8 Å². The summed E-state index contributed by atoms with van der Waals surface area (Å²) in [5, 5.41) is 7.77. The summed E-state index contributed by atoms with van der Waals surface area (Å²) in [6, 6.07) is 0. The van der Waals surface area contributed by atoms with E-state index in [-0.39, 0.29) is 18.4 Å². The number of aromatic nitrogens is 2. The SMILES string of the molecule is CCNC(=O)CN(C)C(=O)c1sc2c(c(C)nn2C)c1N. The molecule has 0 aliphatic heterocycles. The molecule has 0 aliphatic rings. The Kier molecular flexibility index (Phi) is 4.17. The molecule has 0 fully saturated rings. The lowest BCUT2D eigenvalue weighted by atomic mass is 10.2. The lowest BCUT2D eigenvalue weighted by Gasteiger charge is -2.16. The second-order valence-corrected chi connectivity index (χ2v) is 5.85. The van der Waals surface area contributed by atoms with E-state index >= 15 is 0 Å². The molecule has 3 N–H and O–H groups in total. The van der Waals surface area contributed by atoms with Crippen molar-refractivity contribution in [3.05, 3.63) is 10.6 Å². The normalized spacial score (nSPS) is 10.9. The molecule has 7 nitrogen and oxygen atoms in total. The van der Waals surface area contributed by atoms with E-state index < -0.39 is 0 Å². The molecule has 0 bridgehead atoms. The van der Waals surface area contributed by atoms with Gasteiger partial charge in [0.05, 0.1) is 23.3 Å². The maximum absolute atomic E-state index is 12.4. The van der Waals surface area contributed by atoms with Gasteiger partial charge in [-0.3, -0.25) is 14.3 Å². The van der Waals surface area contributed by atoms with E-state index in [9.17, 15) is 9.59 Å². The van der Waals surface area contributed by atoms with Crippen molar-refractivity contribution in [2.45, 2.75) is 13.8 Å². The van der Waals surface area contributed by atoms with Crippen molar-refractivity contribution >= 4 is 39.1 Å². The lowest BCUT2D eigenvalue weighted by Crippen LogP contribution is -2.38. The Morgan fingerprint density at radius 2 is 2.14 bits per heavy atom. The molecule has 0 saturated heterocycles. The number of hydrogen-bond acceptors (Lipinski definition) is 5. The van der Waals surface area contributed by atoms with Gasteiger partial charge < -0.3 is 16.0 Å². The van der Waals surface area contributed by atoms with Crippen LogP contribution in [0.2, 0.25) is 0 Å². The molecule has 21 heavy (non-hydrogen) atoms. The van der Waals surface area contributed by atoms with E-state index in [1.807, 2.05) is 20.9 Å². The number of anilines is 1. The maximum Gasteiger partial charge on any atom is 0.266 e. The molecule has 0 radical (unpaired) electrons.